The predicted octanol–water partition coefficient (Wildman–Crippen LogP) is 2.10. The van der Waals surface area contributed by atoms with Gasteiger partial charge in [-0.3, -0.25) is 9.88 Å². The second-order valence-corrected chi connectivity index (χ2v) is 4.33. The van der Waals surface area contributed by atoms with E-state index in [-0.39, 0.29) is 12.1 Å². The van der Waals surface area contributed by atoms with Gasteiger partial charge in [0.25, 0.3) is 0 Å². The molecule has 98 valence electrons. The Morgan fingerprint density at radius 1 is 1.39 bits per heavy atom. The summed E-state index contributed by atoms with van der Waals surface area (Å²) in [6.07, 6.45) is 5.04. The zero-order valence-electron chi connectivity index (χ0n) is 11.2. The number of aromatic nitrogens is 1. The second kappa shape index (κ2) is 7.80. The molecule has 0 aliphatic heterocycles. The smallest absolute Gasteiger partial charge is 0.0635 e. The molecule has 0 spiro atoms. The van der Waals surface area contributed by atoms with Gasteiger partial charge < -0.3 is 5.73 Å². The van der Waals surface area contributed by atoms with Crippen molar-refractivity contribution in [2.24, 2.45) is 5.73 Å². The number of rotatable bonds is 7. The Labute approximate surface area is 109 Å². The zero-order chi connectivity index (χ0) is 13.4. The van der Waals surface area contributed by atoms with Crippen LogP contribution < -0.4 is 5.73 Å². The van der Waals surface area contributed by atoms with Crippen LogP contribution in [0.4, 0.5) is 0 Å². The van der Waals surface area contributed by atoms with E-state index in [0.717, 1.165) is 19.5 Å². The molecular formula is C14H22N4. The average molecular weight is 246 g/mol. The molecule has 1 aromatic rings. The summed E-state index contributed by atoms with van der Waals surface area (Å²) in [6.45, 7) is 5.85. The van der Waals surface area contributed by atoms with Gasteiger partial charge in [0.2, 0.25) is 0 Å². The predicted molar refractivity (Wildman–Crippen MR) is 72.7 cm³/mol. The summed E-state index contributed by atoms with van der Waals surface area (Å²) in [5.41, 5.74) is 7.43. The summed E-state index contributed by atoms with van der Waals surface area (Å²) in [6, 6.07) is 6.46. The Morgan fingerprint density at radius 3 is 2.56 bits per heavy atom. The lowest BCUT2D eigenvalue weighted by molar-refractivity contribution is 0.181. The number of nitriles is 1. The summed E-state index contributed by atoms with van der Waals surface area (Å²) in [5, 5.41) is 8.74. The van der Waals surface area contributed by atoms with Crippen LogP contribution in [-0.4, -0.2) is 29.0 Å². The molecule has 0 saturated heterocycles. The lowest BCUT2D eigenvalue weighted by Crippen LogP contribution is -2.41. The first kappa shape index (κ1) is 14.6. The number of nitrogens with two attached hydrogens (primary N) is 1. The van der Waals surface area contributed by atoms with Crippen LogP contribution in [0.3, 0.4) is 0 Å². The van der Waals surface area contributed by atoms with Crippen LogP contribution in [-0.2, 0) is 0 Å². The number of hydrogen-bond acceptors (Lipinski definition) is 4. The lowest BCUT2D eigenvalue weighted by atomic mass is 9.97. The van der Waals surface area contributed by atoms with E-state index in [1.54, 1.807) is 12.4 Å². The minimum atomic E-state index is 0.0750. The number of likely N-dealkylation sites (N-methyl/N-ethyl adjacent to an activating group) is 1. The van der Waals surface area contributed by atoms with E-state index in [2.05, 4.69) is 29.8 Å². The fourth-order valence-electron chi connectivity index (χ4n) is 2.20. The summed E-state index contributed by atoms with van der Waals surface area (Å²) in [4.78, 5) is 6.32. The molecule has 2 N–H and O–H groups in total. The maximum absolute atomic E-state index is 8.74. The van der Waals surface area contributed by atoms with E-state index in [1.165, 1.54) is 5.56 Å². The Hall–Kier alpha value is -1.44. The van der Waals surface area contributed by atoms with Crippen molar-refractivity contribution < 1.29 is 0 Å². The Bertz CT molecular complexity index is 371. The maximum atomic E-state index is 8.74. The highest BCUT2D eigenvalue weighted by atomic mass is 15.2. The molecule has 0 radical (unpaired) electrons. The normalized spacial score (nSPS) is 14.2. The second-order valence-electron chi connectivity index (χ2n) is 4.33. The largest absolute Gasteiger partial charge is 0.326 e. The fourth-order valence-corrected chi connectivity index (χ4v) is 2.20. The highest BCUT2D eigenvalue weighted by molar-refractivity contribution is 5.17. The van der Waals surface area contributed by atoms with Crippen LogP contribution in [0.25, 0.3) is 0 Å². The monoisotopic (exact) mass is 246 g/mol. The average Bonchev–Trinajstić information content (AvgIpc) is 2.43. The minimum Gasteiger partial charge on any atom is -0.326 e. The van der Waals surface area contributed by atoms with Gasteiger partial charge in [-0.25, -0.2) is 0 Å². The fraction of sp³-hybridized carbons (Fsp3) is 0.571. The first-order valence-corrected chi connectivity index (χ1v) is 6.51. The third-order valence-electron chi connectivity index (χ3n) is 3.23. The first-order chi connectivity index (χ1) is 8.74. The number of pyridine rings is 1. The minimum absolute atomic E-state index is 0.0750. The van der Waals surface area contributed by atoms with Crippen LogP contribution in [0.1, 0.15) is 38.3 Å². The molecule has 1 rings (SSSR count). The number of nitrogens with zero attached hydrogens (tertiary/aromatic N) is 3. The van der Waals surface area contributed by atoms with E-state index < -0.39 is 0 Å². The molecule has 0 aliphatic carbocycles. The first-order valence-electron chi connectivity index (χ1n) is 6.51. The van der Waals surface area contributed by atoms with Crippen LogP contribution >= 0.6 is 0 Å². The van der Waals surface area contributed by atoms with Gasteiger partial charge in [-0.15, -0.1) is 0 Å². The molecule has 0 fully saturated rings. The Balaban J connectivity index is 2.93. The molecular weight excluding hydrogens is 224 g/mol. The highest BCUT2D eigenvalue weighted by Gasteiger charge is 2.24. The van der Waals surface area contributed by atoms with Gasteiger partial charge in [0.05, 0.1) is 6.07 Å². The maximum Gasteiger partial charge on any atom is 0.0635 e. The van der Waals surface area contributed by atoms with E-state index in [1.807, 2.05) is 12.1 Å². The van der Waals surface area contributed by atoms with Crippen molar-refractivity contribution in [2.75, 3.05) is 13.1 Å². The van der Waals surface area contributed by atoms with E-state index in [9.17, 15) is 0 Å². The molecule has 2 unspecified atom stereocenters. The van der Waals surface area contributed by atoms with E-state index in [0.29, 0.717) is 6.42 Å². The summed E-state index contributed by atoms with van der Waals surface area (Å²) in [7, 11) is 0. The summed E-state index contributed by atoms with van der Waals surface area (Å²) in [5.74, 6) is 0. The zero-order valence-corrected chi connectivity index (χ0v) is 11.2. The van der Waals surface area contributed by atoms with Crippen molar-refractivity contribution in [1.29, 1.82) is 5.26 Å². The molecule has 1 aromatic heterocycles. The molecule has 0 amide bonds. The van der Waals surface area contributed by atoms with Gasteiger partial charge in [-0.1, -0.05) is 13.8 Å². The van der Waals surface area contributed by atoms with Gasteiger partial charge in [-0.2, -0.15) is 5.26 Å². The number of hydrogen-bond donors (Lipinski definition) is 1. The lowest BCUT2D eigenvalue weighted by Gasteiger charge is -2.34. The van der Waals surface area contributed by atoms with Gasteiger partial charge in [0.1, 0.15) is 0 Å². The molecule has 0 bridgehead atoms. The molecule has 0 saturated carbocycles. The van der Waals surface area contributed by atoms with Crippen LogP contribution in [0.5, 0.6) is 0 Å². The van der Waals surface area contributed by atoms with Crippen LogP contribution in [0.2, 0.25) is 0 Å². The standard InChI is InChI=1S/C14H22N4/c1-3-13(16)14(12-6-9-17-10-7-12)18(4-2)11-5-8-15/h6-7,9-10,13-14H,3-5,11,16H2,1-2H3. The third kappa shape index (κ3) is 3.80. The Morgan fingerprint density at radius 2 is 2.06 bits per heavy atom. The molecule has 18 heavy (non-hydrogen) atoms. The van der Waals surface area contributed by atoms with Crippen molar-refractivity contribution in [2.45, 2.75) is 38.8 Å². The van der Waals surface area contributed by atoms with E-state index in [4.69, 9.17) is 11.0 Å². The van der Waals surface area contributed by atoms with Crippen molar-refractivity contribution >= 4 is 0 Å². The molecule has 1 heterocycles. The molecule has 0 aromatic carbocycles. The Kier molecular flexibility index (Phi) is 6.34. The van der Waals surface area contributed by atoms with Gasteiger partial charge >= 0.3 is 0 Å². The van der Waals surface area contributed by atoms with Crippen LogP contribution in [0.15, 0.2) is 24.5 Å². The molecule has 2 atom stereocenters. The molecule has 0 aliphatic rings. The van der Waals surface area contributed by atoms with Crippen LogP contribution in [0, 0.1) is 11.3 Å². The topological polar surface area (TPSA) is 65.9 Å². The summed E-state index contributed by atoms with van der Waals surface area (Å²) < 4.78 is 0. The summed E-state index contributed by atoms with van der Waals surface area (Å²) >= 11 is 0. The third-order valence-corrected chi connectivity index (χ3v) is 3.23. The highest BCUT2D eigenvalue weighted by Crippen LogP contribution is 2.24. The quantitative estimate of drug-likeness (QED) is 0.800. The van der Waals surface area contributed by atoms with Crippen molar-refractivity contribution in [3.8, 4) is 6.07 Å². The van der Waals surface area contributed by atoms with Crippen molar-refractivity contribution in [1.82, 2.24) is 9.88 Å². The van der Waals surface area contributed by atoms with Gasteiger partial charge in [0.15, 0.2) is 0 Å². The van der Waals surface area contributed by atoms with Crippen molar-refractivity contribution in [3.63, 3.8) is 0 Å². The molecule has 4 heteroatoms. The van der Waals surface area contributed by atoms with Gasteiger partial charge in [0, 0.05) is 37.4 Å². The van der Waals surface area contributed by atoms with Crippen molar-refractivity contribution in [3.05, 3.63) is 30.1 Å². The molecule has 4 nitrogen and oxygen atoms in total. The van der Waals surface area contributed by atoms with E-state index >= 15 is 0 Å². The van der Waals surface area contributed by atoms with Gasteiger partial charge in [-0.05, 0) is 30.7 Å². The SMILES string of the molecule is CCC(N)C(c1ccncc1)N(CC)CCC#N.